The molecule has 5 nitrogen and oxygen atoms in total. The van der Waals surface area contributed by atoms with Crippen molar-refractivity contribution in [2.45, 2.75) is 37.7 Å². The normalized spacial score (nSPS) is 17.6. The standard InChI is InChI=1S/C23H27NO4/c1-18(25)28-21(19-8-4-2-5-9-19)12-15-24-16-13-23(14-17-24,22(26)27)20-10-6-3-7-11-20/h2-11,21H,12-17H2,1H3,(H,26,27). The largest absolute Gasteiger partial charge is 0.481 e. The zero-order valence-corrected chi connectivity index (χ0v) is 16.2. The van der Waals surface area contributed by atoms with Crippen LogP contribution in [0.4, 0.5) is 0 Å². The van der Waals surface area contributed by atoms with Crippen LogP contribution in [-0.2, 0) is 19.7 Å². The molecular weight excluding hydrogens is 354 g/mol. The van der Waals surface area contributed by atoms with E-state index in [0.717, 1.165) is 17.7 Å². The molecule has 2 aromatic carbocycles. The molecule has 1 atom stereocenters. The van der Waals surface area contributed by atoms with Crippen LogP contribution in [0.2, 0.25) is 0 Å². The minimum Gasteiger partial charge on any atom is -0.481 e. The fourth-order valence-corrected chi connectivity index (χ4v) is 4.00. The summed E-state index contributed by atoms with van der Waals surface area (Å²) in [5.74, 6) is -1.04. The van der Waals surface area contributed by atoms with Gasteiger partial charge in [0.1, 0.15) is 6.10 Å². The topological polar surface area (TPSA) is 66.8 Å². The molecule has 1 N–H and O–H groups in total. The average Bonchev–Trinajstić information content (AvgIpc) is 2.72. The SMILES string of the molecule is CC(=O)OC(CCN1CCC(C(=O)O)(c2ccccc2)CC1)c1ccccc1. The summed E-state index contributed by atoms with van der Waals surface area (Å²) < 4.78 is 5.52. The van der Waals surface area contributed by atoms with E-state index in [4.69, 9.17) is 4.74 Å². The molecule has 0 spiro atoms. The van der Waals surface area contributed by atoms with E-state index in [-0.39, 0.29) is 12.1 Å². The molecule has 0 radical (unpaired) electrons. The molecule has 0 bridgehead atoms. The molecule has 0 aliphatic carbocycles. The van der Waals surface area contributed by atoms with Gasteiger partial charge in [0.2, 0.25) is 0 Å². The van der Waals surface area contributed by atoms with Crippen molar-refractivity contribution in [3.05, 3.63) is 71.8 Å². The monoisotopic (exact) mass is 381 g/mol. The lowest BCUT2D eigenvalue weighted by Crippen LogP contribution is -2.47. The highest BCUT2D eigenvalue weighted by Gasteiger charge is 2.42. The fourth-order valence-electron chi connectivity index (χ4n) is 4.00. The molecule has 1 heterocycles. The van der Waals surface area contributed by atoms with Gasteiger partial charge in [-0.25, -0.2) is 0 Å². The number of hydrogen-bond acceptors (Lipinski definition) is 4. The van der Waals surface area contributed by atoms with Crippen LogP contribution >= 0.6 is 0 Å². The van der Waals surface area contributed by atoms with E-state index in [1.807, 2.05) is 60.7 Å². The number of benzene rings is 2. The van der Waals surface area contributed by atoms with E-state index in [0.29, 0.717) is 32.4 Å². The van der Waals surface area contributed by atoms with E-state index >= 15 is 0 Å². The van der Waals surface area contributed by atoms with Crippen LogP contribution in [0.25, 0.3) is 0 Å². The van der Waals surface area contributed by atoms with Crippen molar-refractivity contribution in [1.82, 2.24) is 4.90 Å². The van der Waals surface area contributed by atoms with Crippen molar-refractivity contribution >= 4 is 11.9 Å². The number of hydrogen-bond donors (Lipinski definition) is 1. The molecule has 0 amide bonds. The van der Waals surface area contributed by atoms with Crippen LogP contribution in [0.3, 0.4) is 0 Å². The van der Waals surface area contributed by atoms with Gasteiger partial charge in [0.25, 0.3) is 0 Å². The van der Waals surface area contributed by atoms with Gasteiger partial charge in [-0.05, 0) is 37.1 Å². The number of likely N-dealkylation sites (tertiary alicyclic amines) is 1. The van der Waals surface area contributed by atoms with Crippen LogP contribution in [-0.4, -0.2) is 41.6 Å². The van der Waals surface area contributed by atoms with E-state index in [1.54, 1.807) is 0 Å². The Hall–Kier alpha value is -2.66. The molecule has 148 valence electrons. The predicted octanol–water partition coefficient (Wildman–Crippen LogP) is 3.80. The van der Waals surface area contributed by atoms with E-state index in [1.165, 1.54) is 6.92 Å². The molecule has 1 saturated heterocycles. The van der Waals surface area contributed by atoms with Crippen molar-refractivity contribution in [3.63, 3.8) is 0 Å². The third-order valence-electron chi connectivity index (χ3n) is 5.63. The summed E-state index contributed by atoms with van der Waals surface area (Å²) in [5.41, 5.74) is 1.05. The zero-order chi connectivity index (χ0) is 20.0. The van der Waals surface area contributed by atoms with Gasteiger partial charge in [-0.15, -0.1) is 0 Å². The summed E-state index contributed by atoms with van der Waals surface area (Å²) in [6, 6.07) is 19.3. The van der Waals surface area contributed by atoms with Gasteiger partial charge >= 0.3 is 11.9 Å². The molecule has 3 rings (SSSR count). The van der Waals surface area contributed by atoms with Crippen molar-refractivity contribution in [2.75, 3.05) is 19.6 Å². The Kier molecular flexibility index (Phi) is 6.47. The summed E-state index contributed by atoms with van der Waals surface area (Å²) in [6.45, 7) is 3.61. The molecule has 1 aliphatic rings. The fraction of sp³-hybridized carbons (Fsp3) is 0.391. The Balaban J connectivity index is 1.63. The third-order valence-corrected chi connectivity index (χ3v) is 5.63. The number of aliphatic carboxylic acids is 1. The molecule has 2 aromatic rings. The number of carbonyl (C=O) groups excluding carboxylic acids is 1. The van der Waals surface area contributed by atoms with Crippen molar-refractivity contribution in [2.24, 2.45) is 0 Å². The Bertz CT molecular complexity index is 783. The second-order valence-corrected chi connectivity index (χ2v) is 7.39. The Morgan fingerprint density at radius 2 is 1.61 bits per heavy atom. The Morgan fingerprint density at radius 1 is 1.04 bits per heavy atom. The molecule has 28 heavy (non-hydrogen) atoms. The van der Waals surface area contributed by atoms with Crippen molar-refractivity contribution < 1.29 is 19.4 Å². The number of nitrogens with zero attached hydrogens (tertiary/aromatic N) is 1. The Labute approximate surface area is 165 Å². The number of carboxylic acids is 1. The Morgan fingerprint density at radius 3 is 2.14 bits per heavy atom. The van der Waals surface area contributed by atoms with E-state index in [2.05, 4.69) is 4.90 Å². The van der Waals surface area contributed by atoms with Gasteiger partial charge in [0, 0.05) is 19.9 Å². The first-order chi connectivity index (χ1) is 13.5. The lowest BCUT2D eigenvalue weighted by molar-refractivity contribution is -0.148. The van der Waals surface area contributed by atoms with Crippen LogP contribution in [0.5, 0.6) is 0 Å². The second-order valence-electron chi connectivity index (χ2n) is 7.39. The van der Waals surface area contributed by atoms with Gasteiger partial charge in [0.05, 0.1) is 5.41 Å². The smallest absolute Gasteiger partial charge is 0.314 e. The lowest BCUT2D eigenvalue weighted by Gasteiger charge is -2.39. The van der Waals surface area contributed by atoms with E-state index < -0.39 is 11.4 Å². The highest BCUT2D eigenvalue weighted by atomic mass is 16.5. The zero-order valence-electron chi connectivity index (χ0n) is 16.2. The summed E-state index contributed by atoms with van der Waals surface area (Å²) in [4.78, 5) is 25.8. The molecule has 1 aliphatic heterocycles. The van der Waals surface area contributed by atoms with Crippen LogP contribution in [0.15, 0.2) is 60.7 Å². The first-order valence-corrected chi connectivity index (χ1v) is 9.75. The van der Waals surface area contributed by atoms with Gasteiger partial charge in [-0.3, -0.25) is 9.59 Å². The van der Waals surface area contributed by atoms with Gasteiger partial charge < -0.3 is 14.7 Å². The predicted molar refractivity (Wildman–Crippen MR) is 107 cm³/mol. The first kappa shape index (κ1) is 20.1. The van der Waals surface area contributed by atoms with Crippen LogP contribution < -0.4 is 0 Å². The quantitative estimate of drug-likeness (QED) is 0.739. The number of esters is 1. The van der Waals surface area contributed by atoms with Crippen LogP contribution in [0, 0.1) is 0 Å². The minimum atomic E-state index is -0.813. The number of piperidine rings is 1. The molecular formula is C23H27NO4. The highest BCUT2D eigenvalue weighted by Crippen LogP contribution is 2.36. The van der Waals surface area contributed by atoms with Gasteiger partial charge in [-0.1, -0.05) is 60.7 Å². The van der Waals surface area contributed by atoms with E-state index in [9.17, 15) is 14.7 Å². The van der Waals surface area contributed by atoms with Crippen molar-refractivity contribution in [1.29, 1.82) is 0 Å². The molecule has 1 unspecified atom stereocenters. The summed E-state index contributed by atoms with van der Waals surface area (Å²) in [6.07, 6.45) is 1.57. The average molecular weight is 381 g/mol. The molecule has 1 fully saturated rings. The maximum absolute atomic E-state index is 12.1. The van der Waals surface area contributed by atoms with Gasteiger partial charge in [-0.2, -0.15) is 0 Å². The molecule has 5 heteroatoms. The first-order valence-electron chi connectivity index (χ1n) is 9.75. The number of carboxylic acid groups (broad SMARTS) is 1. The number of rotatable bonds is 7. The number of ether oxygens (including phenoxy) is 1. The summed E-state index contributed by atoms with van der Waals surface area (Å²) in [7, 11) is 0. The maximum Gasteiger partial charge on any atom is 0.314 e. The second kappa shape index (κ2) is 9.02. The minimum absolute atomic E-state index is 0.279. The van der Waals surface area contributed by atoms with Crippen molar-refractivity contribution in [3.8, 4) is 0 Å². The summed E-state index contributed by atoms with van der Waals surface area (Å²) in [5, 5.41) is 9.92. The summed E-state index contributed by atoms with van der Waals surface area (Å²) >= 11 is 0. The number of carbonyl (C=O) groups is 2. The molecule has 0 aromatic heterocycles. The van der Waals surface area contributed by atoms with Gasteiger partial charge in [0.15, 0.2) is 0 Å². The molecule has 0 saturated carbocycles. The maximum atomic E-state index is 12.1. The highest BCUT2D eigenvalue weighted by molar-refractivity contribution is 5.81. The lowest BCUT2D eigenvalue weighted by atomic mass is 9.73. The third kappa shape index (κ3) is 4.60. The van der Waals surface area contributed by atoms with Crippen LogP contribution in [0.1, 0.15) is 43.4 Å².